The van der Waals surface area contributed by atoms with Crippen LogP contribution in [0.25, 0.3) is 0 Å². The van der Waals surface area contributed by atoms with Crippen LogP contribution in [0.1, 0.15) is 18.4 Å². The van der Waals surface area contributed by atoms with Gasteiger partial charge in [-0.3, -0.25) is 0 Å². The van der Waals surface area contributed by atoms with Crippen LogP contribution in [0.3, 0.4) is 0 Å². The number of benzene rings is 1. The van der Waals surface area contributed by atoms with Gasteiger partial charge in [-0.05, 0) is 36.6 Å². The van der Waals surface area contributed by atoms with Crippen molar-refractivity contribution in [2.75, 3.05) is 23.8 Å². The van der Waals surface area contributed by atoms with Crippen LogP contribution >= 0.6 is 11.6 Å². The number of hydrogen-bond acceptors (Lipinski definition) is 5. The minimum atomic E-state index is 0.292. The van der Waals surface area contributed by atoms with Crippen molar-refractivity contribution in [2.45, 2.75) is 25.5 Å². The van der Waals surface area contributed by atoms with Gasteiger partial charge in [-0.15, -0.1) is 0 Å². The highest BCUT2D eigenvalue weighted by atomic mass is 35.5. The molecule has 6 heteroatoms. The Morgan fingerprint density at radius 2 is 2.05 bits per heavy atom. The predicted octanol–water partition coefficient (Wildman–Crippen LogP) is 3.33. The summed E-state index contributed by atoms with van der Waals surface area (Å²) in [5, 5.41) is 7.25. The maximum atomic E-state index is 5.87. The zero-order valence-electron chi connectivity index (χ0n) is 12.3. The van der Waals surface area contributed by atoms with E-state index in [9.17, 15) is 0 Å². The van der Waals surface area contributed by atoms with E-state index in [2.05, 4.69) is 20.6 Å². The standard InChI is InChI=1S/C16H19ClN4O/c17-13-5-3-12(4-6-13)10-20-16-18-8-7-15(21-16)19-11-14-2-1-9-22-14/h3-8,14H,1-2,9-11H2,(H2,18,19,20,21). The number of halogens is 1. The molecule has 0 radical (unpaired) electrons. The van der Waals surface area contributed by atoms with Crippen LogP contribution in [0.4, 0.5) is 11.8 Å². The first-order chi connectivity index (χ1) is 10.8. The van der Waals surface area contributed by atoms with Crippen LogP contribution in [0.5, 0.6) is 0 Å². The van der Waals surface area contributed by atoms with Crippen molar-refractivity contribution < 1.29 is 4.74 Å². The van der Waals surface area contributed by atoms with E-state index >= 15 is 0 Å². The Labute approximate surface area is 135 Å². The SMILES string of the molecule is Clc1ccc(CNc2nccc(NCC3CCCO3)n2)cc1. The lowest BCUT2D eigenvalue weighted by Gasteiger charge is -2.12. The van der Waals surface area contributed by atoms with Crippen molar-refractivity contribution in [3.8, 4) is 0 Å². The predicted molar refractivity (Wildman–Crippen MR) is 88.3 cm³/mol. The molecule has 0 amide bonds. The maximum Gasteiger partial charge on any atom is 0.224 e. The first kappa shape index (κ1) is 15.1. The molecule has 1 fully saturated rings. The lowest BCUT2D eigenvalue weighted by molar-refractivity contribution is 0.120. The molecular formula is C16H19ClN4O. The fourth-order valence-corrected chi connectivity index (χ4v) is 2.48. The third kappa shape index (κ3) is 4.32. The van der Waals surface area contributed by atoms with Gasteiger partial charge in [0.1, 0.15) is 5.82 Å². The second kappa shape index (κ2) is 7.42. The van der Waals surface area contributed by atoms with E-state index in [1.807, 2.05) is 30.3 Å². The summed E-state index contributed by atoms with van der Waals surface area (Å²) in [4.78, 5) is 8.68. The van der Waals surface area contributed by atoms with E-state index in [1.165, 1.54) is 0 Å². The molecule has 1 aliphatic heterocycles. The monoisotopic (exact) mass is 318 g/mol. The Kier molecular flexibility index (Phi) is 5.08. The van der Waals surface area contributed by atoms with Crippen LogP contribution in [-0.2, 0) is 11.3 Å². The van der Waals surface area contributed by atoms with Crippen molar-refractivity contribution in [2.24, 2.45) is 0 Å². The molecule has 22 heavy (non-hydrogen) atoms. The first-order valence-electron chi connectivity index (χ1n) is 7.46. The summed E-state index contributed by atoms with van der Waals surface area (Å²) in [5.41, 5.74) is 1.13. The van der Waals surface area contributed by atoms with Gasteiger partial charge in [-0.2, -0.15) is 4.98 Å². The van der Waals surface area contributed by atoms with Gasteiger partial charge in [-0.25, -0.2) is 4.98 Å². The molecule has 0 aliphatic carbocycles. The van der Waals surface area contributed by atoms with Gasteiger partial charge < -0.3 is 15.4 Å². The lowest BCUT2D eigenvalue weighted by atomic mass is 10.2. The molecule has 1 aliphatic rings. The second-order valence-electron chi connectivity index (χ2n) is 5.26. The van der Waals surface area contributed by atoms with Gasteiger partial charge in [0.15, 0.2) is 0 Å². The molecule has 1 aromatic carbocycles. The number of ether oxygens (including phenoxy) is 1. The summed E-state index contributed by atoms with van der Waals surface area (Å²) in [6.45, 7) is 2.31. The molecule has 0 saturated carbocycles. The Morgan fingerprint density at radius 3 is 2.82 bits per heavy atom. The molecule has 1 unspecified atom stereocenters. The van der Waals surface area contributed by atoms with Crippen molar-refractivity contribution in [1.29, 1.82) is 0 Å². The molecule has 2 heterocycles. The van der Waals surface area contributed by atoms with Gasteiger partial charge >= 0.3 is 0 Å². The number of rotatable bonds is 6. The average Bonchev–Trinajstić information content (AvgIpc) is 3.06. The molecule has 1 aromatic heterocycles. The van der Waals surface area contributed by atoms with Gasteiger partial charge in [0.05, 0.1) is 6.10 Å². The molecule has 2 aromatic rings. The largest absolute Gasteiger partial charge is 0.376 e. The summed E-state index contributed by atoms with van der Waals surface area (Å²) in [7, 11) is 0. The van der Waals surface area contributed by atoms with E-state index in [4.69, 9.17) is 16.3 Å². The highest BCUT2D eigenvalue weighted by Crippen LogP contribution is 2.14. The Bertz CT molecular complexity index is 599. The van der Waals surface area contributed by atoms with E-state index in [-0.39, 0.29) is 0 Å². The zero-order valence-corrected chi connectivity index (χ0v) is 13.0. The summed E-state index contributed by atoms with van der Waals surface area (Å²) in [6.07, 6.45) is 4.29. The molecule has 1 atom stereocenters. The number of hydrogen-bond donors (Lipinski definition) is 2. The number of nitrogens with one attached hydrogen (secondary N) is 2. The van der Waals surface area contributed by atoms with E-state index < -0.39 is 0 Å². The third-order valence-corrected chi connectivity index (χ3v) is 3.81. The molecule has 3 rings (SSSR count). The molecular weight excluding hydrogens is 300 g/mol. The normalized spacial score (nSPS) is 17.4. The highest BCUT2D eigenvalue weighted by molar-refractivity contribution is 6.30. The smallest absolute Gasteiger partial charge is 0.224 e. The van der Waals surface area contributed by atoms with Crippen LogP contribution in [0.2, 0.25) is 5.02 Å². The summed E-state index contributed by atoms with van der Waals surface area (Å²) in [5.74, 6) is 1.41. The van der Waals surface area contributed by atoms with Crippen LogP contribution in [0.15, 0.2) is 36.5 Å². The quantitative estimate of drug-likeness (QED) is 0.855. The summed E-state index contributed by atoms with van der Waals surface area (Å²) >= 11 is 5.87. The van der Waals surface area contributed by atoms with Crippen LogP contribution in [0, 0.1) is 0 Å². The van der Waals surface area contributed by atoms with Gasteiger partial charge in [0.25, 0.3) is 0 Å². The van der Waals surface area contributed by atoms with Gasteiger partial charge in [-0.1, -0.05) is 23.7 Å². The average molecular weight is 319 g/mol. The Hall–Kier alpha value is -1.85. The minimum absolute atomic E-state index is 0.292. The maximum absolute atomic E-state index is 5.87. The molecule has 0 spiro atoms. The van der Waals surface area contributed by atoms with Crippen LogP contribution in [-0.4, -0.2) is 29.2 Å². The zero-order chi connectivity index (χ0) is 15.2. The fraction of sp³-hybridized carbons (Fsp3) is 0.375. The summed E-state index contributed by atoms with van der Waals surface area (Å²) in [6, 6.07) is 9.57. The van der Waals surface area contributed by atoms with Crippen LogP contribution < -0.4 is 10.6 Å². The van der Waals surface area contributed by atoms with Crippen molar-refractivity contribution >= 4 is 23.4 Å². The Balaban J connectivity index is 1.52. The van der Waals surface area contributed by atoms with E-state index in [1.54, 1.807) is 6.20 Å². The number of aromatic nitrogens is 2. The number of anilines is 2. The molecule has 0 bridgehead atoms. The van der Waals surface area contributed by atoms with Crippen molar-refractivity contribution in [1.82, 2.24) is 9.97 Å². The fourth-order valence-electron chi connectivity index (χ4n) is 2.35. The summed E-state index contributed by atoms with van der Waals surface area (Å²) < 4.78 is 5.59. The number of nitrogens with zero attached hydrogens (tertiary/aromatic N) is 2. The highest BCUT2D eigenvalue weighted by Gasteiger charge is 2.15. The second-order valence-corrected chi connectivity index (χ2v) is 5.70. The minimum Gasteiger partial charge on any atom is -0.376 e. The van der Waals surface area contributed by atoms with E-state index in [0.29, 0.717) is 18.6 Å². The lowest BCUT2D eigenvalue weighted by Crippen LogP contribution is -2.19. The molecule has 2 N–H and O–H groups in total. The Morgan fingerprint density at radius 1 is 1.18 bits per heavy atom. The third-order valence-electron chi connectivity index (χ3n) is 3.55. The van der Waals surface area contributed by atoms with Crippen molar-refractivity contribution in [3.05, 3.63) is 47.1 Å². The molecule has 5 nitrogen and oxygen atoms in total. The molecule has 116 valence electrons. The first-order valence-corrected chi connectivity index (χ1v) is 7.84. The van der Waals surface area contributed by atoms with Crippen molar-refractivity contribution in [3.63, 3.8) is 0 Å². The topological polar surface area (TPSA) is 59.1 Å². The molecule has 1 saturated heterocycles. The van der Waals surface area contributed by atoms with Gasteiger partial charge in [0.2, 0.25) is 5.95 Å². The van der Waals surface area contributed by atoms with E-state index in [0.717, 1.165) is 42.4 Å². The van der Waals surface area contributed by atoms with Gasteiger partial charge in [0, 0.05) is 30.9 Å².